The summed E-state index contributed by atoms with van der Waals surface area (Å²) < 4.78 is 61.0. The molecule has 1 aromatic carbocycles. The molecule has 0 spiro atoms. The van der Waals surface area contributed by atoms with Crippen LogP contribution < -0.4 is 4.90 Å². The minimum absolute atomic E-state index is 0.354. The van der Waals surface area contributed by atoms with Gasteiger partial charge < -0.3 is 4.90 Å². The predicted molar refractivity (Wildman–Crippen MR) is 67.0 cm³/mol. The lowest BCUT2D eigenvalue weighted by Gasteiger charge is -2.21. The minimum atomic E-state index is -4.63. The summed E-state index contributed by atoms with van der Waals surface area (Å²) in [6.07, 6.45) is -5.05. The number of rotatable bonds is 2. The topological polar surface area (TPSA) is 54.5 Å². The standard InChI is InChI=1S/C11H9ClF3NO3S/c12-20(18,19)7-5-10(17)16(6-7)9-4-2-1-3-8(9)11(13,14)15/h1-4,7H,5-6H2. The van der Waals surface area contributed by atoms with Crippen molar-refractivity contribution in [3.63, 3.8) is 0 Å². The van der Waals surface area contributed by atoms with Crippen molar-refractivity contribution < 1.29 is 26.4 Å². The predicted octanol–water partition coefficient (Wildman–Crippen LogP) is 2.38. The lowest BCUT2D eigenvalue weighted by molar-refractivity contribution is -0.137. The Morgan fingerprint density at radius 2 is 1.85 bits per heavy atom. The van der Waals surface area contributed by atoms with E-state index in [2.05, 4.69) is 0 Å². The van der Waals surface area contributed by atoms with Crippen LogP contribution in [0.25, 0.3) is 0 Å². The van der Waals surface area contributed by atoms with E-state index >= 15 is 0 Å². The summed E-state index contributed by atoms with van der Waals surface area (Å²) in [5.41, 5.74) is -1.34. The van der Waals surface area contributed by atoms with Gasteiger partial charge in [0.05, 0.1) is 11.3 Å². The Morgan fingerprint density at radius 3 is 2.35 bits per heavy atom. The van der Waals surface area contributed by atoms with Crippen LogP contribution in [0.3, 0.4) is 0 Å². The van der Waals surface area contributed by atoms with E-state index in [4.69, 9.17) is 10.7 Å². The maximum Gasteiger partial charge on any atom is 0.418 e. The highest BCUT2D eigenvalue weighted by molar-refractivity contribution is 8.14. The second-order valence-corrected chi connectivity index (χ2v) is 7.23. The number of amides is 1. The molecule has 0 saturated carbocycles. The zero-order chi connectivity index (χ0) is 15.1. The molecule has 4 nitrogen and oxygen atoms in total. The largest absolute Gasteiger partial charge is 0.418 e. The van der Waals surface area contributed by atoms with Crippen LogP contribution in [-0.4, -0.2) is 26.1 Å². The van der Waals surface area contributed by atoms with E-state index in [1.54, 1.807) is 0 Å². The Balaban J connectivity index is 2.41. The Kier molecular flexibility index (Phi) is 3.72. The van der Waals surface area contributed by atoms with Gasteiger partial charge in [-0.15, -0.1) is 0 Å². The van der Waals surface area contributed by atoms with Crippen molar-refractivity contribution in [1.29, 1.82) is 0 Å². The minimum Gasteiger partial charge on any atom is -0.310 e. The molecule has 1 aliphatic rings. The van der Waals surface area contributed by atoms with Crippen molar-refractivity contribution in [2.75, 3.05) is 11.4 Å². The molecule has 1 heterocycles. The quantitative estimate of drug-likeness (QED) is 0.784. The van der Waals surface area contributed by atoms with Crippen LogP contribution >= 0.6 is 10.7 Å². The first-order chi connectivity index (χ1) is 9.10. The number of hydrogen-bond donors (Lipinski definition) is 0. The third-order valence-corrected chi connectivity index (χ3v) is 4.86. The molecule has 20 heavy (non-hydrogen) atoms. The van der Waals surface area contributed by atoms with Gasteiger partial charge in [-0.05, 0) is 12.1 Å². The summed E-state index contributed by atoms with van der Waals surface area (Å²) in [5.74, 6) is -0.698. The monoisotopic (exact) mass is 327 g/mol. The third-order valence-electron chi connectivity index (χ3n) is 2.99. The molecule has 0 aromatic heterocycles. The first-order valence-corrected chi connectivity index (χ1v) is 7.88. The van der Waals surface area contributed by atoms with Gasteiger partial charge in [-0.25, -0.2) is 8.42 Å². The molecule has 0 N–H and O–H groups in total. The fraction of sp³-hybridized carbons (Fsp3) is 0.364. The van der Waals surface area contributed by atoms with Crippen molar-refractivity contribution in [3.8, 4) is 0 Å². The SMILES string of the molecule is O=C1CC(S(=O)(=O)Cl)CN1c1ccccc1C(F)(F)F. The van der Waals surface area contributed by atoms with Crippen LogP contribution in [0, 0.1) is 0 Å². The van der Waals surface area contributed by atoms with Crippen molar-refractivity contribution in [3.05, 3.63) is 29.8 Å². The van der Waals surface area contributed by atoms with Gasteiger partial charge in [0.2, 0.25) is 15.0 Å². The van der Waals surface area contributed by atoms with Crippen LogP contribution in [0.4, 0.5) is 18.9 Å². The average molecular weight is 328 g/mol. The van der Waals surface area contributed by atoms with Crippen LogP contribution in [0.2, 0.25) is 0 Å². The summed E-state index contributed by atoms with van der Waals surface area (Å²) in [7, 11) is 1.16. The van der Waals surface area contributed by atoms with Crippen LogP contribution in [0.15, 0.2) is 24.3 Å². The molecule has 110 valence electrons. The van der Waals surface area contributed by atoms with Gasteiger partial charge in [0.25, 0.3) is 0 Å². The molecule has 1 saturated heterocycles. The molecule has 0 bridgehead atoms. The second kappa shape index (κ2) is 4.92. The van der Waals surface area contributed by atoms with E-state index in [9.17, 15) is 26.4 Å². The van der Waals surface area contributed by atoms with Crippen molar-refractivity contribution in [1.82, 2.24) is 0 Å². The summed E-state index contributed by atoms with van der Waals surface area (Å²) >= 11 is 0. The van der Waals surface area contributed by atoms with E-state index in [1.165, 1.54) is 12.1 Å². The molecular weight excluding hydrogens is 319 g/mol. The molecular formula is C11H9ClF3NO3S. The number of halogens is 4. The molecule has 1 atom stereocenters. The van der Waals surface area contributed by atoms with Gasteiger partial charge >= 0.3 is 6.18 Å². The number of benzene rings is 1. The Bertz CT molecular complexity index is 645. The molecule has 0 aliphatic carbocycles. The molecule has 9 heteroatoms. The highest BCUT2D eigenvalue weighted by Crippen LogP contribution is 2.38. The van der Waals surface area contributed by atoms with Crippen molar-refractivity contribution in [2.24, 2.45) is 0 Å². The molecule has 1 aromatic rings. The van der Waals surface area contributed by atoms with Crippen molar-refractivity contribution in [2.45, 2.75) is 17.8 Å². The van der Waals surface area contributed by atoms with E-state index < -0.39 is 38.4 Å². The Hall–Kier alpha value is -1.28. The van der Waals surface area contributed by atoms with Crippen LogP contribution in [0.5, 0.6) is 0 Å². The summed E-state index contributed by atoms with van der Waals surface area (Å²) in [5, 5.41) is -1.20. The van der Waals surface area contributed by atoms with Crippen LogP contribution in [-0.2, 0) is 20.0 Å². The molecule has 2 rings (SSSR count). The van der Waals surface area contributed by atoms with E-state index in [1.807, 2.05) is 0 Å². The zero-order valence-electron chi connectivity index (χ0n) is 9.89. The molecule has 1 amide bonds. The summed E-state index contributed by atoms with van der Waals surface area (Å²) in [6, 6.07) is 4.51. The number of para-hydroxylation sites is 1. The Morgan fingerprint density at radius 1 is 1.25 bits per heavy atom. The van der Waals surface area contributed by atoms with E-state index in [0.717, 1.165) is 17.0 Å². The lowest BCUT2D eigenvalue weighted by Crippen LogP contribution is -2.28. The summed E-state index contributed by atoms with van der Waals surface area (Å²) in [6.45, 7) is -0.377. The fourth-order valence-corrected chi connectivity index (χ4v) is 3.07. The molecule has 1 aliphatic heterocycles. The number of carbonyl (C=O) groups excluding carboxylic acids is 1. The normalized spacial score (nSPS) is 20.5. The van der Waals surface area contributed by atoms with Gasteiger partial charge in [0, 0.05) is 23.6 Å². The molecule has 1 unspecified atom stereocenters. The van der Waals surface area contributed by atoms with Crippen LogP contribution in [0.1, 0.15) is 12.0 Å². The number of nitrogens with zero attached hydrogens (tertiary/aromatic N) is 1. The third kappa shape index (κ3) is 2.90. The highest BCUT2D eigenvalue weighted by atomic mass is 35.7. The number of carbonyl (C=O) groups is 1. The fourth-order valence-electron chi connectivity index (χ4n) is 2.04. The maximum absolute atomic E-state index is 12.9. The molecule has 0 radical (unpaired) electrons. The first kappa shape index (κ1) is 15.1. The van der Waals surface area contributed by atoms with Gasteiger partial charge in [-0.1, -0.05) is 12.1 Å². The van der Waals surface area contributed by atoms with Gasteiger partial charge in [0.15, 0.2) is 0 Å². The smallest absolute Gasteiger partial charge is 0.310 e. The van der Waals surface area contributed by atoms with Gasteiger partial charge in [-0.3, -0.25) is 4.79 Å². The average Bonchev–Trinajstić information content (AvgIpc) is 2.70. The molecule has 1 fully saturated rings. The Labute approximate surface area is 117 Å². The van der Waals surface area contributed by atoms with E-state index in [-0.39, 0.29) is 12.2 Å². The summed E-state index contributed by atoms with van der Waals surface area (Å²) in [4.78, 5) is 12.6. The van der Waals surface area contributed by atoms with E-state index in [0.29, 0.717) is 0 Å². The first-order valence-electron chi connectivity index (χ1n) is 5.51. The van der Waals surface area contributed by atoms with Crippen molar-refractivity contribution >= 4 is 31.3 Å². The van der Waals surface area contributed by atoms with Gasteiger partial charge in [-0.2, -0.15) is 13.2 Å². The maximum atomic E-state index is 12.9. The number of alkyl halides is 3. The zero-order valence-corrected chi connectivity index (χ0v) is 11.5. The van der Waals surface area contributed by atoms with Gasteiger partial charge in [0.1, 0.15) is 5.25 Å². The number of anilines is 1. The second-order valence-electron chi connectivity index (χ2n) is 4.32. The number of hydrogen-bond acceptors (Lipinski definition) is 3. The lowest BCUT2D eigenvalue weighted by atomic mass is 10.1. The highest BCUT2D eigenvalue weighted by Gasteiger charge is 2.42.